The summed E-state index contributed by atoms with van der Waals surface area (Å²) in [6.07, 6.45) is 0.954. The number of amides is 1. The smallest absolute Gasteiger partial charge is 0.270 e. The van der Waals surface area contributed by atoms with Crippen LogP contribution in [0.25, 0.3) is 0 Å². The van der Waals surface area contributed by atoms with Crippen molar-refractivity contribution in [2.75, 3.05) is 19.6 Å². The number of rotatable bonds is 6. The first-order valence-corrected chi connectivity index (χ1v) is 6.94. The van der Waals surface area contributed by atoms with Gasteiger partial charge in [0.2, 0.25) is 0 Å². The maximum Gasteiger partial charge on any atom is 0.270 e. The third-order valence-electron chi connectivity index (χ3n) is 3.54. The summed E-state index contributed by atoms with van der Waals surface area (Å²) in [6, 6.07) is 3.88. The Morgan fingerprint density at radius 2 is 2.05 bits per heavy atom. The highest BCUT2D eigenvalue weighted by molar-refractivity contribution is 5.93. The maximum absolute atomic E-state index is 12.6. The van der Waals surface area contributed by atoms with Crippen LogP contribution in [-0.4, -0.2) is 35.0 Å². The molecule has 2 N–H and O–H groups in total. The molecule has 0 saturated carbocycles. The Morgan fingerprint density at radius 3 is 2.47 bits per heavy atom. The molecule has 1 amide bonds. The number of aromatic nitrogens is 1. The molecule has 1 aromatic heterocycles. The van der Waals surface area contributed by atoms with Gasteiger partial charge in [-0.05, 0) is 37.4 Å². The van der Waals surface area contributed by atoms with Gasteiger partial charge in [-0.25, -0.2) is 0 Å². The van der Waals surface area contributed by atoms with E-state index >= 15 is 0 Å². The van der Waals surface area contributed by atoms with Gasteiger partial charge in [-0.2, -0.15) is 0 Å². The van der Waals surface area contributed by atoms with Gasteiger partial charge < -0.3 is 15.2 Å². The van der Waals surface area contributed by atoms with Crippen molar-refractivity contribution < 1.29 is 4.79 Å². The molecule has 0 unspecified atom stereocenters. The lowest BCUT2D eigenvalue weighted by atomic mass is 9.93. The van der Waals surface area contributed by atoms with Crippen molar-refractivity contribution in [2.24, 2.45) is 18.2 Å². The van der Waals surface area contributed by atoms with Crippen LogP contribution in [0.15, 0.2) is 12.1 Å². The number of nitrogens with two attached hydrogens (primary N) is 1. The molecule has 0 aliphatic carbocycles. The number of hydrogen-bond donors (Lipinski definition) is 1. The highest BCUT2D eigenvalue weighted by atomic mass is 16.2. The van der Waals surface area contributed by atoms with Crippen molar-refractivity contribution in [3.05, 3.63) is 23.5 Å². The fraction of sp³-hybridized carbons (Fsp3) is 0.667. The minimum atomic E-state index is -0.0506. The van der Waals surface area contributed by atoms with E-state index in [1.807, 2.05) is 35.6 Å². The van der Waals surface area contributed by atoms with E-state index in [1.54, 1.807) is 0 Å². The fourth-order valence-electron chi connectivity index (χ4n) is 2.09. The van der Waals surface area contributed by atoms with Crippen LogP contribution in [0, 0.1) is 12.3 Å². The van der Waals surface area contributed by atoms with Crippen LogP contribution in [0.2, 0.25) is 0 Å². The molecule has 1 rings (SSSR count). The number of carbonyl (C=O) groups excluding carboxylic acids is 1. The molecule has 1 heterocycles. The molecule has 0 spiro atoms. The molecule has 4 heteroatoms. The molecule has 0 saturated heterocycles. The van der Waals surface area contributed by atoms with Gasteiger partial charge in [-0.1, -0.05) is 20.8 Å². The Bertz CT molecular complexity index is 435. The molecular formula is C15H27N3O. The van der Waals surface area contributed by atoms with Crippen molar-refractivity contribution >= 4 is 5.91 Å². The van der Waals surface area contributed by atoms with Crippen LogP contribution in [0.4, 0.5) is 0 Å². The lowest BCUT2D eigenvalue weighted by Crippen LogP contribution is -2.43. The molecule has 4 nitrogen and oxygen atoms in total. The second-order valence-corrected chi connectivity index (χ2v) is 6.01. The molecule has 0 aliphatic heterocycles. The van der Waals surface area contributed by atoms with E-state index in [-0.39, 0.29) is 11.3 Å². The van der Waals surface area contributed by atoms with E-state index in [0.29, 0.717) is 13.1 Å². The molecule has 0 fully saturated rings. The summed E-state index contributed by atoms with van der Waals surface area (Å²) in [4.78, 5) is 14.5. The normalized spacial score (nSPS) is 11.7. The van der Waals surface area contributed by atoms with Crippen LogP contribution in [-0.2, 0) is 7.05 Å². The predicted molar refractivity (Wildman–Crippen MR) is 79.2 cm³/mol. The van der Waals surface area contributed by atoms with Gasteiger partial charge >= 0.3 is 0 Å². The summed E-state index contributed by atoms with van der Waals surface area (Å²) in [5.41, 5.74) is 7.57. The molecule has 0 atom stereocenters. The van der Waals surface area contributed by atoms with Gasteiger partial charge in [0.15, 0.2) is 0 Å². The number of carbonyl (C=O) groups is 1. The van der Waals surface area contributed by atoms with Gasteiger partial charge in [0.05, 0.1) is 0 Å². The van der Waals surface area contributed by atoms with Gasteiger partial charge in [0.25, 0.3) is 5.91 Å². The lowest BCUT2D eigenvalue weighted by molar-refractivity contribution is 0.0679. The predicted octanol–water partition coefficient (Wildman–Crippen LogP) is 2.17. The minimum Gasteiger partial charge on any atom is -0.344 e. The van der Waals surface area contributed by atoms with Gasteiger partial charge in [-0.15, -0.1) is 0 Å². The third-order valence-corrected chi connectivity index (χ3v) is 3.54. The Morgan fingerprint density at radius 1 is 1.42 bits per heavy atom. The number of aryl methyl sites for hydroxylation is 1. The monoisotopic (exact) mass is 265 g/mol. The van der Waals surface area contributed by atoms with Crippen molar-refractivity contribution in [1.82, 2.24) is 9.47 Å². The Labute approximate surface area is 116 Å². The zero-order valence-corrected chi connectivity index (χ0v) is 12.9. The molecular weight excluding hydrogens is 238 g/mol. The fourth-order valence-corrected chi connectivity index (χ4v) is 2.09. The van der Waals surface area contributed by atoms with E-state index < -0.39 is 0 Å². The summed E-state index contributed by atoms with van der Waals surface area (Å²) in [5.74, 6) is 0.0963. The average molecular weight is 265 g/mol. The minimum absolute atomic E-state index is 0.0506. The lowest BCUT2D eigenvalue weighted by Gasteiger charge is -2.31. The highest BCUT2D eigenvalue weighted by Gasteiger charge is 2.25. The van der Waals surface area contributed by atoms with E-state index in [1.165, 1.54) is 0 Å². The average Bonchev–Trinajstić information content (AvgIpc) is 2.68. The largest absolute Gasteiger partial charge is 0.344 e. The second-order valence-electron chi connectivity index (χ2n) is 6.01. The van der Waals surface area contributed by atoms with Gasteiger partial charge in [0.1, 0.15) is 5.69 Å². The van der Waals surface area contributed by atoms with Crippen molar-refractivity contribution in [1.29, 1.82) is 0 Å². The van der Waals surface area contributed by atoms with Crippen LogP contribution in [0.1, 0.15) is 43.4 Å². The molecule has 1 aromatic rings. The van der Waals surface area contributed by atoms with Gasteiger partial charge in [0, 0.05) is 25.8 Å². The summed E-state index contributed by atoms with van der Waals surface area (Å²) < 4.78 is 1.94. The maximum atomic E-state index is 12.6. The van der Waals surface area contributed by atoms with Crippen LogP contribution in [0.3, 0.4) is 0 Å². The van der Waals surface area contributed by atoms with Crippen molar-refractivity contribution in [3.63, 3.8) is 0 Å². The van der Waals surface area contributed by atoms with E-state index in [9.17, 15) is 4.79 Å². The third kappa shape index (κ3) is 3.83. The quantitative estimate of drug-likeness (QED) is 0.857. The summed E-state index contributed by atoms with van der Waals surface area (Å²) >= 11 is 0. The van der Waals surface area contributed by atoms with Crippen LogP contribution in [0.5, 0.6) is 0 Å². The van der Waals surface area contributed by atoms with E-state index in [4.69, 9.17) is 5.73 Å². The van der Waals surface area contributed by atoms with E-state index in [2.05, 4.69) is 20.8 Å². The first-order chi connectivity index (χ1) is 8.82. The molecule has 0 aliphatic rings. The van der Waals surface area contributed by atoms with Crippen molar-refractivity contribution in [3.8, 4) is 0 Å². The molecule has 0 bridgehead atoms. The van der Waals surface area contributed by atoms with Crippen molar-refractivity contribution in [2.45, 2.75) is 34.1 Å². The number of nitrogens with zero attached hydrogens (tertiary/aromatic N) is 2. The number of hydrogen-bond acceptors (Lipinski definition) is 2. The first-order valence-electron chi connectivity index (χ1n) is 6.94. The molecule has 19 heavy (non-hydrogen) atoms. The second kappa shape index (κ2) is 6.24. The molecule has 0 aromatic carbocycles. The standard InChI is InChI=1S/C15H27N3O/c1-6-9-18(11-15(3,4)10-16)14(19)13-8-7-12(2)17(13)5/h7-8H,6,9-11,16H2,1-5H3. The summed E-state index contributed by atoms with van der Waals surface area (Å²) in [7, 11) is 1.93. The zero-order chi connectivity index (χ0) is 14.6. The Kier molecular flexibility index (Phi) is 5.18. The topological polar surface area (TPSA) is 51.3 Å². The Balaban J connectivity index is 2.93. The highest BCUT2D eigenvalue weighted by Crippen LogP contribution is 2.18. The SMILES string of the molecule is CCCN(CC(C)(C)CN)C(=O)c1ccc(C)n1C. The molecule has 108 valence electrons. The Hall–Kier alpha value is -1.29. The van der Waals surface area contributed by atoms with Crippen LogP contribution < -0.4 is 5.73 Å². The summed E-state index contributed by atoms with van der Waals surface area (Å²) in [5, 5.41) is 0. The van der Waals surface area contributed by atoms with Crippen LogP contribution >= 0.6 is 0 Å². The zero-order valence-electron chi connectivity index (χ0n) is 12.9. The summed E-state index contributed by atoms with van der Waals surface area (Å²) in [6.45, 7) is 10.3. The van der Waals surface area contributed by atoms with E-state index in [0.717, 1.165) is 24.4 Å². The first kappa shape index (κ1) is 15.8. The molecule has 0 radical (unpaired) electrons. The van der Waals surface area contributed by atoms with Gasteiger partial charge in [-0.3, -0.25) is 4.79 Å².